The first kappa shape index (κ1) is 20.7. The van der Waals surface area contributed by atoms with Gasteiger partial charge in [0, 0.05) is 31.9 Å². The Hall–Kier alpha value is -2.61. The number of pyridine rings is 1. The smallest absolute Gasteiger partial charge is 0.232 e. The molecular weight excluding hydrogens is 366 g/mol. The molecule has 2 rings (SSSR count). The van der Waals surface area contributed by atoms with Gasteiger partial charge in [-0.15, -0.1) is 0 Å². The summed E-state index contributed by atoms with van der Waals surface area (Å²) < 4.78 is 30.9. The minimum Gasteiger partial charge on any atom is -0.494 e. The summed E-state index contributed by atoms with van der Waals surface area (Å²) in [5.41, 5.74) is 1.52. The summed E-state index contributed by atoms with van der Waals surface area (Å²) in [6.45, 7) is 3.09. The Morgan fingerprint density at radius 2 is 1.81 bits per heavy atom. The molecule has 0 atom stereocenters. The van der Waals surface area contributed by atoms with Crippen LogP contribution in [0, 0.1) is 0 Å². The molecule has 0 radical (unpaired) electrons. The molecule has 1 heterocycles. The fraction of sp³-hybridized carbons (Fsp3) is 0.368. The van der Waals surface area contributed by atoms with E-state index in [2.05, 4.69) is 10.3 Å². The summed E-state index contributed by atoms with van der Waals surface area (Å²) in [5, 5.41) is 2.82. The average Bonchev–Trinajstić information content (AvgIpc) is 2.64. The Morgan fingerprint density at radius 1 is 1.15 bits per heavy atom. The van der Waals surface area contributed by atoms with Gasteiger partial charge in [-0.1, -0.05) is 0 Å². The standard InChI is InChI=1S/C19H25N3O4S/c1-3-26-18-8-6-17(7-9-18)22(27(2,24)25)14-4-5-19(23)21-15-16-10-12-20-13-11-16/h6-13H,3-5,14-15H2,1-2H3,(H,21,23). The van der Waals surface area contributed by atoms with Crippen LogP contribution in [0.4, 0.5) is 5.69 Å². The Bertz CT molecular complexity index is 824. The van der Waals surface area contributed by atoms with E-state index in [1.807, 2.05) is 19.1 Å². The van der Waals surface area contributed by atoms with Crippen LogP contribution in [0.15, 0.2) is 48.8 Å². The molecule has 0 saturated heterocycles. The van der Waals surface area contributed by atoms with Crippen LogP contribution in [0.1, 0.15) is 25.3 Å². The van der Waals surface area contributed by atoms with Crippen molar-refractivity contribution in [2.45, 2.75) is 26.3 Å². The number of amides is 1. The fourth-order valence-corrected chi connectivity index (χ4v) is 3.50. The van der Waals surface area contributed by atoms with E-state index in [4.69, 9.17) is 4.74 Å². The van der Waals surface area contributed by atoms with Crippen LogP contribution in [0.2, 0.25) is 0 Å². The Balaban J connectivity index is 1.88. The molecule has 7 nitrogen and oxygen atoms in total. The van der Waals surface area contributed by atoms with Gasteiger partial charge in [0.05, 0.1) is 18.6 Å². The predicted octanol–water partition coefficient (Wildman–Crippen LogP) is 2.34. The highest BCUT2D eigenvalue weighted by Crippen LogP contribution is 2.22. The molecule has 0 unspecified atom stereocenters. The van der Waals surface area contributed by atoms with Crippen LogP contribution in [-0.2, 0) is 21.4 Å². The van der Waals surface area contributed by atoms with Crippen molar-refractivity contribution in [3.05, 3.63) is 54.4 Å². The van der Waals surface area contributed by atoms with Crippen LogP contribution < -0.4 is 14.4 Å². The highest BCUT2D eigenvalue weighted by molar-refractivity contribution is 7.92. The first-order valence-corrected chi connectivity index (χ1v) is 10.6. The van der Waals surface area contributed by atoms with Gasteiger partial charge in [-0.2, -0.15) is 0 Å². The maximum atomic E-state index is 12.1. The van der Waals surface area contributed by atoms with Crippen molar-refractivity contribution in [2.24, 2.45) is 0 Å². The van der Waals surface area contributed by atoms with Crippen molar-refractivity contribution in [1.29, 1.82) is 0 Å². The highest BCUT2D eigenvalue weighted by Gasteiger charge is 2.17. The van der Waals surface area contributed by atoms with Gasteiger partial charge in [-0.3, -0.25) is 14.1 Å². The van der Waals surface area contributed by atoms with Gasteiger partial charge >= 0.3 is 0 Å². The SMILES string of the molecule is CCOc1ccc(N(CCCC(=O)NCc2ccncc2)S(C)(=O)=O)cc1. The molecule has 146 valence electrons. The van der Waals surface area contributed by atoms with E-state index in [1.165, 1.54) is 4.31 Å². The minimum absolute atomic E-state index is 0.119. The number of hydrogen-bond donors (Lipinski definition) is 1. The Morgan fingerprint density at radius 3 is 2.41 bits per heavy atom. The number of aromatic nitrogens is 1. The third kappa shape index (κ3) is 6.90. The number of anilines is 1. The first-order chi connectivity index (χ1) is 12.9. The van der Waals surface area contributed by atoms with E-state index >= 15 is 0 Å². The van der Waals surface area contributed by atoms with Crippen LogP contribution in [0.3, 0.4) is 0 Å². The first-order valence-electron chi connectivity index (χ1n) is 8.76. The molecular formula is C19H25N3O4S. The molecule has 0 bridgehead atoms. The number of ether oxygens (including phenoxy) is 1. The maximum Gasteiger partial charge on any atom is 0.232 e. The van der Waals surface area contributed by atoms with E-state index in [0.29, 0.717) is 31.0 Å². The van der Waals surface area contributed by atoms with Gasteiger partial charge in [0.1, 0.15) is 5.75 Å². The van der Waals surface area contributed by atoms with Crippen molar-refractivity contribution < 1.29 is 17.9 Å². The van der Waals surface area contributed by atoms with Crippen molar-refractivity contribution in [2.75, 3.05) is 23.7 Å². The molecule has 0 aliphatic rings. The number of carbonyl (C=O) groups excluding carboxylic acids is 1. The third-order valence-corrected chi connectivity index (χ3v) is 5.03. The monoisotopic (exact) mass is 391 g/mol. The summed E-state index contributed by atoms with van der Waals surface area (Å²) in [7, 11) is -3.44. The zero-order valence-corrected chi connectivity index (χ0v) is 16.4. The molecule has 1 aromatic carbocycles. The van der Waals surface area contributed by atoms with Crippen molar-refractivity contribution >= 4 is 21.6 Å². The lowest BCUT2D eigenvalue weighted by Gasteiger charge is -2.22. The van der Waals surface area contributed by atoms with Gasteiger partial charge < -0.3 is 10.1 Å². The lowest BCUT2D eigenvalue weighted by atomic mass is 10.2. The van der Waals surface area contributed by atoms with Crippen molar-refractivity contribution in [1.82, 2.24) is 10.3 Å². The number of hydrogen-bond acceptors (Lipinski definition) is 5. The average molecular weight is 391 g/mol. The second-order valence-electron chi connectivity index (χ2n) is 6.00. The number of sulfonamides is 1. The van der Waals surface area contributed by atoms with E-state index in [-0.39, 0.29) is 18.9 Å². The molecule has 0 aliphatic heterocycles. The number of rotatable bonds is 10. The molecule has 0 spiro atoms. The normalized spacial score (nSPS) is 11.0. The largest absolute Gasteiger partial charge is 0.494 e. The molecule has 0 saturated carbocycles. The number of carbonyl (C=O) groups is 1. The summed E-state index contributed by atoms with van der Waals surface area (Å²) in [6.07, 6.45) is 5.16. The highest BCUT2D eigenvalue weighted by atomic mass is 32.2. The van der Waals surface area contributed by atoms with Gasteiger partial charge in [0.2, 0.25) is 15.9 Å². The fourth-order valence-electron chi connectivity index (χ4n) is 2.53. The maximum absolute atomic E-state index is 12.1. The Kier molecular flexibility index (Phi) is 7.60. The third-order valence-electron chi connectivity index (χ3n) is 3.84. The molecule has 27 heavy (non-hydrogen) atoms. The minimum atomic E-state index is -3.44. The van der Waals surface area contributed by atoms with E-state index in [9.17, 15) is 13.2 Å². The lowest BCUT2D eigenvalue weighted by Crippen LogP contribution is -2.32. The summed E-state index contributed by atoms with van der Waals surface area (Å²) in [6, 6.07) is 10.5. The topological polar surface area (TPSA) is 88.6 Å². The predicted molar refractivity (Wildman–Crippen MR) is 105 cm³/mol. The zero-order chi connectivity index (χ0) is 19.7. The van der Waals surface area contributed by atoms with Crippen LogP contribution in [-0.4, -0.2) is 38.7 Å². The number of nitrogens with zero attached hydrogens (tertiary/aromatic N) is 2. The van der Waals surface area contributed by atoms with Crippen LogP contribution in [0.25, 0.3) is 0 Å². The molecule has 0 aliphatic carbocycles. The van der Waals surface area contributed by atoms with Crippen LogP contribution in [0.5, 0.6) is 5.75 Å². The quantitative estimate of drug-likeness (QED) is 0.672. The summed E-state index contributed by atoms with van der Waals surface area (Å²) in [5.74, 6) is 0.567. The second-order valence-corrected chi connectivity index (χ2v) is 7.90. The van der Waals surface area contributed by atoms with E-state index < -0.39 is 10.0 Å². The lowest BCUT2D eigenvalue weighted by molar-refractivity contribution is -0.121. The number of benzene rings is 1. The molecule has 1 N–H and O–H groups in total. The molecule has 1 amide bonds. The van der Waals surface area contributed by atoms with E-state index in [0.717, 1.165) is 11.8 Å². The van der Waals surface area contributed by atoms with Gasteiger partial charge in [-0.25, -0.2) is 8.42 Å². The van der Waals surface area contributed by atoms with Crippen molar-refractivity contribution in [3.63, 3.8) is 0 Å². The summed E-state index contributed by atoms with van der Waals surface area (Å²) >= 11 is 0. The van der Waals surface area contributed by atoms with Gasteiger partial charge in [-0.05, 0) is 55.3 Å². The number of nitrogens with one attached hydrogen (secondary N) is 1. The van der Waals surface area contributed by atoms with Gasteiger partial charge in [0.15, 0.2) is 0 Å². The molecule has 0 fully saturated rings. The summed E-state index contributed by atoms with van der Waals surface area (Å²) in [4.78, 5) is 15.9. The Labute approximate surface area is 160 Å². The van der Waals surface area contributed by atoms with E-state index in [1.54, 1.807) is 36.7 Å². The van der Waals surface area contributed by atoms with Crippen LogP contribution >= 0.6 is 0 Å². The molecule has 1 aromatic heterocycles. The second kappa shape index (κ2) is 9.91. The van der Waals surface area contributed by atoms with Gasteiger partial charge in [0.25, 0.3) is 0 Å². The van der Waals surface area contributed by atoms with Crippen molar-refractivity contribution in [3.8, 4) is 5.75 Å². The molecule has 8 heteroatoms. The molecule has 2 aromatic rings. The zero-order valence-electron chi connectivity index (χ0n) is 15.6.